The number of ketones is 1. The Bertz CT molecular complexity index is 197. The van der Waals surface area contributed by atoms with Crippen molar-refractivity contribution in [3.63, 3.8) is 0 Å². The van der Waals surface area contributed by atoms with E-state index in [0.717, 1.165) is 24.8 Å². The quantitative estimate of drug-likeness (QED) is 0.488. The first kappa shape index (κ1) is 8.51. The molecule has 1 heteroatoms. The van der Waals surface area contributed by atoms with Gasteiger partial charge in [0, 0.05) is 6.42 Å². The largest absolute Gasteiger partial charge is 0.295 e. The minimum Gasteiger partial charge on any atom is -0.295 e. The number of hydrogen-bond donors (Lipinski definition) is 0. The third kappa shape index (κ3) is 1.92. The highest BCUT2D eigenvalue weighted by molar-refractivity contribution is 5.96. The van der Waals surface area contributed by atoms with Crippen LogP contribution in [0.5, 0.6) is 0 Å². The van der Waals surface area contributed by atoms with E-state index in [1.807, 2.05) is 13.8 Å². The van der Waals surface area contributed by atoms with Gasteiger partial charge in [0.1, 0.15) is 0 Å². The van der Waals surface area contributed by atoms with E-state index in [4.69, 9.17) is 0 Å². The minimum absolute atomic E-state index is 0.378. The number of carbonyl (C=O) groups excluding carboxylic acids is 1. The molecule has 0 radical (unpaired) electrons. The van der Waals surface area contributed by atoms with Gasteiger partial charge in [-0.1, -0.05) is 12.5 Å². The maximum atomic E-state index is 11.3. The molecule has 0 amide bonds. The van der Waals surface area contributed by atoms with E-state index in [1.54, 1.807) is 0 Å². The van der Waals surface area contributed by atoms with Crippen molar-refractivity contribution < 1.29 is 4.79 Å². The molecule has 0 heterocycles. The van der Waals surface area contributed by atoms with Crippen LogP contribution in [0.3, 0.4) is 0 Å². The summed E-state index contributed by atoms with van der Waals surface area (Å²) in [5.41, 5.74) is 2.30. The zero-order valence-corrected chi connectivity index (χ0v) is 7.61. The molecule has 1 atom stereocenters. The standard InChI is InChI=1S/C10H16O/c1-7(2)9-6-8(3)4-5-10(9)11/h8H,4-6H2,1-3H3. The molecule has 0 aliphatic heterocycles. The smallest absolute Gasteiger partial charge is 0.158 e. The lowest BCUT2D eigenvalue weighted by Crippen LogP contribution is -2.15. The van der Waals surface area contributed by atoms with Crippen LogP contribution in [0, 0.1) is 5.92 Å². The number of rotatable bonds is 0. The number of Topliss-reactive ketones (excluding diaryl/α,β-unsaturated/α-hetero) is 1. The van der Waals surface area contributed by atoms with E-state index in [-0.39, 0.29) is 0 Å². The molecular formula is C10H16O. The van der Waals surface area contributed by atoms with E-state index in [9.17, 15) is 4.79 Å². The molecule has 11 heavy (non-hydrogen) atoms. The van der Waals surface area contributed by atoms with Crippen LogP contribution < -0.4 is 0 Å². The van der Waals surface area contributed by atoms with E-state index < -0.39 is 0 Å². The summed E-state index contributed by atoms with van der Waals surface area (Å²) in [4.78, 5) is 11.3. The first-order valence-electron chi connectivity index (χ1n) is 4.31. The Kier molecular flexibility index (Phi) is 2.48. The van der Waals surface area contributed by atoms with Crippen molar-refractivity contribution in [2.45, 2.75) is 40.0 Å². The van der Waals surface area contributed by atoms with Crippen molar-refractivity contribution in [2.24, 2.45) is 5.92 Å². The van der Waals surface area contributed by atoms with Gasteiger partial charge >= 0.3 is 0 Å². The number of allylic oxidation sites excluding steroid dienone is 2. The summed E-state index contributed by atoms with van der Waals surface area (Å²) in [6.45, 7) is 6.28. The second kappa shape index (κ2) is 3.21. The predicted octanol–water partition coefficient (Wildman–Crippen LogP) is 2.71. The Hall–Kier alpha value is -0.590. The van der Waals surface area contributed by atoms with Gasteiger partial charge in [0.15, 0.2) is 5.78 Å². The lowest BCUT2D eigenvalue weighted by atomic mass is 9.84. The fraction of sp³-hybridized carbons (Fsp3) is 0.700. The highest BCUT2D eigenvalue weighted by Gasteiger charge is 2.20. The molecule has 62 valence electrons. The van der Waals surface area contributed by atoms with Crippen LogP contribution in [0.15, 0.2) is 11.1 Å². The Morgan fingerprint density at radius 2 is 2.09 bits per heavy atom. The molecule has 0 bridgehead atoms. The summed E-state index contributed by atoms with van der Waals surface area (Å²) < 4.78 is 0. The molecule has 1 nitrogen and oxygen atoms in total. The van der Waals surface area contributed by atoms with E-state index in [0.29, 0.717) is 11.7 Å². The van der Waals surface area contributed by atoms with Gasteiger partial charge in [-0.15, -0.1) is 0 Å². The van der Waals surface area contributed by atoms with Crippen molar-refractivity contribution in [3.05, 3.63) is 11.1 Å². The van der Waals surface area contributed by atoms with Crippen molar-refractivity contribution in [3.8, 4) is 0 Å². The average molecular weight is 152 g/mol. The molecule has 1 fully saturated rings. The van der Waals surface area contributed by atoms with Gasteiger partial charge in [-0.05, 0) is 38.2 Å². The fourth-order valence-corrected chi connectivity index (χ4v) is 1.58. The van der Waals surface area contributed by atoms with Crippen LogP contribution in [0.4, 0.5) is 0 Å². The molecule has 1 rings (SSSR count). The third-order valence-corrected chi connectivity index (χ3v) is 2.36. The maximum Gasteiger partial charge on any atom is 0.158 e. The topological polar surface area (TPSA) is 17.1 Å². The monoisotopic (exact) mass is 152 g/mol. The first-order chi connectivity index (χ1) is 5.11. The summed E-state index contributed by atoms with van der Waals surface area (Å²) in [5, 5.41) is 0. The second-order valence-corrected chi connectivity index (χ2v) is 3.75. The van der Waals surface area contributed by atoms with Crippen molar-refractivity contribution in [1.82, 2.24) is 0 Å². The van der Waals surface area contributed by atoms with Crippen LogP contribution in [0.25, 0.3) is 0 Å². The lowest BCUT2D eigenvalue weighted by molar-refractivity contribution is -0.117. The van der Waals surface area contributed by atoms with Gasteiger partial charge in [-0.2, -0.15) is 0 Å². The van der Waals surface area contributed by atoms with Crippen molar-refractivity contribution in [2.75, 3.05) is 0 Å². The second-order valence-electron chi connectivity index (χ2n) is 3.75. The highest BCUT2D eigenvalue weighted by atomic mass is 16.1. The minimum atomic E-state index is 0.378. The SMILES string of the molecule is CC(C)=C1CC(C)CCC1=O. The molecular weight excluding hydrogens is 136 g/mol. The molecule has 0 spiro atoms. The van der Waals surface area contributed by atoms with E-state index >= 15 is 0 Å². The van der Waals surface area contributed by atoms with Crippen LogP contribution in [-0.2, 0) is 4.79 Å². The van der Waals surface area contributed by atoms with Gasteiger partial charge < -0.3 is 0 Å². The molecule has 1 aliphatic carbocycles. The van der Waals surface area contributed by atoms with E-state index in [2.05, 4.69) is 6.92 Å². The highest BCUT2D eigenvalue weighted by Crippen LogP contribution is 2.27. The van der Waals surface area contributed by atoms with Gasteiger partial charge in [0.05, 0.1) is 0 Å². The molecule has 0 aromatic heterocycles. The van der Waals surface area contributed by atoms with Crippen LogP contribution >= 0.6 is 0 Å². The summed E-state index contributed by atoms with van der Waals surface area (Å²) in [6, 6.07) is 0. The first-order valence-corrected chi connectivity index (χ1v) is 4.31. The molecule has 0 saturated heterocycles. The number of carbonyl (C=O) groups is 1. The molecule has 1 aliphatic rings. The molecule has 0 aromatic carbocycles. The summed E-state index contributed by atoms with van der Waals surface area (Å²) in [6.07, 6.45) is 2.85. The van der Waals surface area contributed by atoms with Crippen LogP contribution in [0.2, 0.25) is 0 Å². The Balaban J connectivity index is 2.78. The zero-order chi connectivity index (χ0) is 8.43. The zero-order valence-electron chi connectivity index (χ0n) is 7.61. The fourth-order valence-electron chi connectivity index (χ4n) is 1.58. The lowest BCUT2D eigenvalue weighted by Gasteiger charge is -2.20. The van der Waals surface area contributed by atoms with Crippen molar-refractivity contribution >= 4 is 5.78 Å². The summed E-state index contributed by atoms with van der Waals surface area (Å²) >= 11 is 0. The predicted molar refractivity (Wildman–Crippen MR) is 46.4 cm³/mol. The molecule has 1 saturated carbocycles. The van der Waals surface area contributed by atoms with Crippen LogP contribution in [0.1, 0.15) is 40.0 Å². The maximum absolute atomic E-state index is 11.3. The Morgan fingerprint density at radius 1 is 1.45 bits per heavy atom. The van der Waals surface area contributed by atoms with Gasteiger partial charge in [-0.25, -0.2) is 0 Å². The third-order valence-electron chi connectivity index (χ3n) is 2.36. The molecule has 0 aromatic rings. The number of hydrogen-bond acceptors (Lipinski definition) is 1. The van der Waals surface area contributed by atoms with Crippen molar-refractivity contribution in [1.29, 1.82) is 0 Å². The van der Waals surface area contributed by atoms with Crippen LogP contribution in [-0.4, -0.2) is 5.78 Å². The summed E-state index contributed by atoms with van der Waals surface area (Å²) in [5.74, 6) is 1.08. The molecule has 1 unspecified atom stereocenters. The summed E-state index contributed by atoms with van der Waals surface area (Å²) in [7, 11) is 0. The Labute approximate surface area is 68.5 Å². The normalized spacial score (nSPS) is 25.5. The van der Waals surface area contributed by atoms with Gasteiger partial charge in [0.25, 0.3) is 0 Å². The Morgan fingerprint density at radius 3 is 2.55 bits per heavy atom. The van der Waals surface area contributed by atoms with Gasteiger partial charge in [0.2, 0.25) is 0 Å². The molecule has 0 N–H and O–H groups in total. The average Bonchev–Trinajstić information content (AvgIpc) is 1.94. The van der Waals surface area contributed by atoms with Gasteiger partial charge in [-0.3, -0.25) is 4.79 Å². The van der Waals surface area contributed by atoms with E-state index in [1.165, 1.54) is 5.57 Å².